The van der Waals surface area contributed by atoms with Crippen molar-refractivity contribution in [1.82, 2.24) is 0 Å². The van der Waals surface area contributed by atoms with Crippen molar-refractivity contribution in [3.63, 3.8) is 0 Å². The van der Waals surface area contributed by atoms with Crippen molar-refractivity contribution in [3.8, 4) is 17.2 Å². The molecule has 24 heavy (non-hydrogen) atoms. The van der Waals surface area contributed by atoms with E-state index in [2.05, 4.69) is 0 Å². The highest BCUT2D eigenvalue weighted by Crippen LogP contribution is 2.29. The monoisotopic (exact) mass is 330 g/mol. The topological polar surface area (TPSA) is 71.1 Å². The predicted molar refractivity (Wildman–Crippen MR) is 86.9 cm³/mol. The summed E-state index contributed by atoms with van der Waals surface area (Å²) < 4.78 is 20.6. The molecule has 0 saturated carbocycles. The minimum Gasteiger partial charge on any atom is -0.496 e. The Morgan fingerprint density at radius 2 is 1.54 bits per heavy atom. The van der Waals surface area contributed by atoms with E-state index in [1.807, 2.05) is 0 Å². The third-order valence-corrected chi connectivity index (χ3v) is 3.19. The van der Waals surface area contributed by atoms with Gasteiger partial charge in [-0.15, -0.1) is 0 Å². The van der Waals surface area contributed by atoms with E-state index in [0.717, 1.165) is 0 Å². The van der Waals surface area contributed by atoms with Crippen LogP contribution >= 0.6 is 0 Å². The minimum absolute atomic E-state index is 0.170. The number of methoxy groups -OCH3 is 2. The smallest absolute Gasteiger partial charge is 0.351 e. The molecule has 0 atom stereocenters. The molecular weight excluding hydrogens is 312 g/mol. The van der Waals surface area contributed by atoms with Crippen LogP contribution in [0.5, 0.6) is 17.2 Å². The Kier molecular flexibility index (Phi) is 5.78. The molecule has 2 aromatic rings. The fraction of sp³-hybridized carbons (Fsp3) is 0.222. The molecule has 0 aromatic heterocycles. The summed E-state index contributed by atoms with van der Waals surface area (Å²) in [5.41, 5.74) is 0.471. The highest BCUT2D eigenvalue weighted by molar-refractivity contribution is 5.97. The largest absolute Gasteiger partial charge is 0.496 e. The first-order chi connectivity index (χ1) is 11.6. The van der Waals surface area contributed by atoms with Crippen LogP contribution in [0.25, 0.3) is 0 Å². The highest BCUT2D eigenvalue weighted by atomic mass is 16.5. The second-order valence-corrected chi connectivity index (χ2v) is 4.68. The Labute approximate surface area is 139 Å². The lowest BCUT2D eigenvalue weighted by atomic mass is 10.1. The van der Waals surface area contributed by atoms with Crippen LogP contribution in [0, 0.1) is 0 Å². The van der Waals surface area contributed by atoms with Gasteiger partial charge >= 0.3 is 11.9 Å². The zero-order chi connectivity index (χ0) is 17.5. The summed E-state index contributed by atoms with van der Waals surface area (Å²) in [6, 6.07) is 11.2. The van der Waals surface area contributed by atoms with Crippen LogP contribution in [0.4, 0.5) is 0 Å². The lowest BCUT2D eigenvalue weighted by Gasteiger charge is -2.12. The van der Waals surface area contributed by atoms with Crippen LogP contribution in [-0.2, 0) is 4.74 Å². The molecule has 0 heterocycles. The summed E-state index contributed by atoms with van der Waals surface area (Å²) in [5.74, 6) is -0.240. The van der Waals surface area contributed by atoms with Crippen LogP contribution in [0.1, 0.15) is 27.6 Å². The average molecular weight is 330 g/mol. The van der Waals surface area contributed by atoms with Crippen molar-refractivity contribution in [2.45, 2.75) is 6.92 Å². The van der Waals surface area contributed by atoms with E-state index in [9.17, 15) is 9.59 Å². The van der Waals surface area contributed by atoms with Gasteiger partial charge in [-0.05, 0) is 37.3 Å². The van der Waals surface area contributed by atoms with Gasteiger partial charge < -0.3 is 18.9 Å². The number of carbonyl (C=O) groups excluding carboxylic acids is 2. The first-order valence-electron chi connectivity index (χ1n) is 7.31. The van der Waals surface area contributed by atoms with Crippen LogP contribution < -0.4 is 14.2 Å². The molecule has 2 rings (SSSR count). The van der Waals surface area contributed by atoms with Gasteiger partial charge in [-0.1, -0.05) is 12.1 Å². The van der Waals surface area contributed by atoms with Gasteiger partial charge in [0.15, 0.2) is 0 Å². The molecule has 0 unspecified atom stereocenters. The Morgan fingerprint density at radius 3 is 2.12 bits per heavy atom. The Morgan fingerprint density at radius 1 is 0.917 bits per heavy atom. The SMILES string of the molecule is CCOC(=O)c1cccc(OC(=O)c2c(OC)cccc2OC)c1. The first-order valence-corrected chi connectivity index (χ1v) is 7.31. The Bertz CT molecular complexity index is 716. The molecule has 0 fully saturated rings. The van der Waals surface area contributed by atoms with Gasteiger partial charge in [-0.25, -0.2) is 9.59 Å². The molecule has 126 valence electrons. The summed E-state index contributed by atoms with van der Waals surface area (Å²) in [4.78, 5) is 24.2. The average Bonchev–Trinajstić information content (AvgIpc) is 2.61. The number of esters is 2. The van der Waals surface area contributed by atoms with Gasteiger partial charge in [0.05, 0.1) is 26.4 Å². The predicted octanol–water partition coefficient (Wildman–Crippen LogP) is 3.10. The number of ether oxygens (including phenoxy) is 4. The maximum atomic E-state index is 12.5. The molecule has 6 heteroatoms. The Hall–Kier alpha value is -3.02. The van der Waals surface area contributed by atoms with Crippen molar-refractivity contribution >= 4 is 11.9 Å². The number of rotatable bonds is 6. The zero-order valence-corrected chi connectivity index (χ0v) is 13.7. The van der Waals surface area contributed by atoms with Crippen LogP contribution in [0.3, 0.4) is 0 Å². The second-order valence-electron chi connectivity index (χ2n) is 4.68. The van der Waals surface area contributed by atoms with Crippen molar-refractivity contribution in [1.29, 1.82) is 0 Å². The summed E-state index contributed by atoms with van der Waals surface area (Å²) in [5, 5.41) is 0. The quantitative estimate of drug-likeness (QED) is 0.599. The standard InChI is InChI=1S/C18H18O6/c1-4-23-17(19)12-7-5-8-13(11-12)24-18(20)16-14(21-2)9-6-10-15(16)22-3/h5-11H,4H2,1-3H3. The minimum atomic E-state index is -0.648. The van der Waals surface area contributed by atoms with Gasteiger partial charge in [0.25, 0.3) is 0 Å². The van der Waals surface area contributed by atoms with Gasteiger partial charge in [-0.2, -0.15) is 0 Å². The van der Waals surface area contributed by atoms with E-state index in [1.54, 1.807) is 43.3 Å². The fourth-order valence-corrected chi connectivity index (χ4v) is 2.11. The van der Waals surface area contributed by atoms with Gasteiger partial charge in [0, 0.05) is 0 Å². The molecule has 2 aromatic carbocycles. The molecule has 0 bridgehead atoms. The van der Waals surface area contributed by atoms with Crippen LogP contribution in [0.15, 0.2) is 42.5 Å². The van der Waals surface area contributed by atoms with Gasteiger partial charge in [0.1, 0.15) is 22.8 Å². The van der Waals surface area contributed by atoms with Gasteiger partial charge in [-0.3, -0.25) is 0 Å². The first kappa shape index (κ1) is 17.3. The molecule has 6 nitrogen and oxygen atoms in total. The van der Waals surface area contributed by atoms with Crippen molar-refractivity contribution < 1.29 is 28.5 Å². The van der Waals surface area contributed by atoms with Crippen molar-refractivity contribution in [3.05, 3.63) is 53.6 Å². The van der Waals surface area contributed by atoms with E-state index in [1.165, 1.54) is 20.3 Å². The lowest BCUT2D eigenvalue weighted by molar-refractivity contribution is 0.0524. The van der Waals surface area contributed by atoms with E-state index in [0.29, 0.717) is 17.1 Å². The Balaban J connectivity index is 2.28. The molecule has 0 radical (unpaired) electrons. The third-order valence-electron chi connectivity index (χ3n) is 3.19. The van der Waals surface area contributed by atoms with Gasteiger partial charge in [0.2, 0.25) is 0 Å². The summed E-state index contributed by atoms with van der Waals surface area (Å²) >= 11 is 0. The maximum absolute atomic E-state index is 12.5. The van der Waals surface area contributed by atoms with Crippen molar-refractivity contribution in [2.75, 3.05) is 20.8 Å². The van der Waals surface area contributed by atoms with E-state index in [-0.39, 0.29) is 17.9 Å². The molecule has 0 aliphatic heterocycles. The van der Waals surface area contributed by atoms with E-state index >= 15 is 0 Å². The zero-order valence-electron chi connectivity index (χ0n) is 13.7. The number of carbonyl (C=O) groups is 2. The maximum Gasteiger partial charge on any atom is 0.351 e. The molecule has 0 aliphatic carbocycles. The number of benzene rings is 2. The van der Waals surface area contributed by atoms with Crippen LogP contribution in [0.2, 0.25) is 0 Å². The van der Waals surface area contributed by atoms with Crippen molar-refractivity contribution in [2.24, 2.45) is 0 Å². The second kappa shape index (κ2) is 8.01. The molecule has 0 amide bonds. The molecule has 0 aliphatic rings. The molecule has 0 spiro atoms. The molecule has 0 saturated heterocycles. The normalized spacial score (nSPS) is 9.96. The number of hydrogen-bond donors (Lipinski definition) is 0. The third kappa shape index (κ3) is 3.84. The van der Waals surface area contributed by atoms with E-state index in [4.69, 9.17) is 18.9 Å². The molecule has 0 N–H and O–H groups in total. The molecular formula is C18H18O6. The van der Waals surface area contributed by atoms with Crippen LogP contribution in [-0.4, -0.2) is 32.8 Å². The highest BCUT2D eigenvalue weighted by Gasteiger charge is 2.20. The fourth-order valence-electron chi connectivity index (χ4n) is 2.11. The van der Waals surface area contributed by atoms with E-state index < -0.39 is 11.9 Å². The lowest BCUT2D eigenvalue weighted by Crippen LogP contribution is -2.12. The summed E-state index contributed by atoms with van der Waals surface area (Å²) in [7, 11) is 2.90. The summed E-state index contributed by atoms with van der Waals surface area (Å²) in [6.07, 6.45) is 0. The number of hydrogen-bond acceptors (Lipinski definition) is 6. The summed E-state index contributed by atoms with van der Waals surface area (Å²) in [6.45, 7) is 1.98.